The quantitative estimate of drug-likeness (QED) is 0.504. The number of nitrogens with two attached hydrogens (primary N) is 1. The van der Waals surface area contributed by atoms with Crippen molar-refractivity contribution >= 4 is 17.5 Å². The summed E-state index contributed by atoms with van der Waals surface area (Å²) >= 11 is -2.36. The van der Waals surface area contributed by atoms with E-state index in [0.717, 1.165) is 13.0 Å². The van der Waals surface area contributed by atoms with Gasteiger partial charge in [0.1, 0.15) is 6.61 Å². The molecule has 1 unspecified atom stereocenters. The Hall–Kier alpha value is -0.500. The molecule has 0 aromatic heterocycles. The lowest BCUT2D eigenvalue weighted by atomic mass is 10.3. The fourth-order valence-electron chi connectivity index (χ4n) is 0.440. The average Bonchev–Trinajstić information content (AvgIpc) is 2.32. The van der Waals surface area contributed by atoms with Crippen LogP contribution in [0.3, 0.4) is 0 Å². The fraction of sp³-hybridized carbons (Fsp3) is 0.833. The maximum atomic E-state index is 8.78. The van der Waals surface area contributed by atoms with Gasteiger partial charge >= 0.3 is 0 Å². The smallest absolute Gasteiger partial charge is 0.122 e. The normalized spacial score (nSPS) is 19.5. The first kappa shape index (κ1) is 12.5. The molecule has 0 spiro atoms. The number of hydrogen-bond donors (Lipinski definition) is 2. The van der Waals surface area contributed by atoms with Gasteiger partial charge in [-0.25, -0.2) is 0 Å². The van der Waals surface area contributed by atoms with Gasteiger partial charge in [-0.1, -0.05) is 5.16 Å². The maximum absolute atomic E-state index is 8.78. The molecule has 1 saturated heterocycles. The summed E-state index contributed by atoms with van der Waals surface area (Å²) in [6, 6.07) is 0. The molecule has 0 aromatic rings. The van der Waals surface area contributed by atoms with Crippen LogP contribution in [-0.4, -0.2) is 34.7 Å². The van der Waals surface area contributed by atoms with Crippen molar-refractivity contribution in [3.63, 3.8) is 0 Å². The van der Waals surface area contributed by atoms with Crippen LogP contribution in [-0.2, 0) is 16.1 Å². The fourth-order valence-corrected chi connectivity index (χ4v) is 0.440. The van der Waals surface area contributed by atoms with Crippen LogP contribution < -0.4 is 10.5 Å². The SMILES string of the molecule is C1=NOCC1.C1CNC1.NS(=O)[O-]. The van der Waals surface area contributed by atoms with Crippen molar-refractivity contribution in [2.45, 2.75) is 12.8 Å². The van der Waals surface area contributed by atoms with Crippen LogP contribution in [0.1, 0.15) is 12.8 Å². The number of oxime groups is 1. The lowest BCUT2D eigenvalue weighted by molar-refractivity contribution is 0.174. The molecule has 1 atom stereocenters. The Kier molecular flexibility index (Phi) is 9.22. The standard InChI is InChI=1S/C3H5NO.C3H7N.H3NO2S/c1-2-4-5-3-1;1-2-4-3-1;1-4(2)3/h2H,1,3H2;4H,1-3H2;1H2,(H,2,3)/p-1. The molecule has 0 saturated carbocycles. The van der Waals surface area contributed by atoms with Crippen molar-refractivity contribution in [1.82, 2.24) is 5.32 Å². The molecule has 0 bridgehead atoms. The number of rotatable bonds is 0. The van der Waals surface area contributed by atoms with Gasteiger partial charge < -0.3 is 14.7 Å². The van der Waals surface area contributed by atoms with Crippen molar-refractivity contribution in [2.75, 3.05) is 19.7 Å². The second-order valence-corrected chi connectivity index (χ2v) is 2.79. The average molecular weight is 208 g/mol. The number of nitrogens with zero attached hydrogens (tertiary/aromatic N) is 1. The van der Waals surface area contributed by atoms with Crippen molar-refractivity contribution < 1.29 is 13.6 Å². The Morgan fingerprint density at radius 3 is 2.15 bits per heavy atom. The van der Waals surface area contributed by atoms with Gasteiger partial charge in [-0.3, -0.25) is 9.35 Å². The van der Waals surface area contributed by atoms with Gasteiger partial charge in [0.15, 0.2) is 0 Å². The minimum absolute atomic E-state index is 0.778. The molecule has 2 aliphatic rings. The van der Waals surface area contributed by atoms with E-state index in [2.05, 4.69) is 20.4 Å². The molecule has 0 radical (unpaired) electrons. The van der Waals surface area contributed by atoms with Crippen molar-refractivity contribution in [2.24, 2.45) is 10.3 Å². The maximum Gasteiger partial charge on any atom is 0.122 e. The first-order valence-corrected chi connectivity index (χ1v) is 5.05. The van der Waals surface area contributed by atoms with Gasteiger partial charge in [-0.15, -0.1) is 0 Å². The van der Waals surface area contributed by atoms with Gasteiger partial charge in [0.25, 0.3) is 0 Å². The van der Waals surface area contributed by atoms with Crippen LogP contribution in [0.5, 0.6) is 0 Å². The Morgan fingerprint density at radius 2 is 2.08 bits per heavy atom. The van der Waals surface area contributed by atoms with Crippen LogP contribution in [0.2, 0.25) is 0 Å². The highest BCUT2D eigenvalue weighted by Crippen LogP contribution is 1.86. The van der Waals surface area contributed by atoms with Gasteiger partial charge in [-0.2, -0.15) is 0 Å². The van der Waals surface area contributed by atoms with Crippen LogP contribution in [0.25, 0.3) is 0 Å². The van der Waals surface area contributed by atoms with Crippen molar-refractivity contribution in [1.29, 1.82) is 0 Å². The number of nitrogens with one attached hydrogen (secondary N) is 1. The Labute approximate surface area is 79.9 Å². The molecule has 0 aliphatic carbocycles. The summed E-state index contributed by atoms with van der Waals surface area (Å²) in [6.45, 7) is 3.28. The molecule has 6 nitrogen and oxygen atoms in total. The molecule has 2 aliphatic heterocycles. The summed E-state index contributed by atoms with van der Waals surface area (Å²) in [5.74, 6) is 0. The van der Waals surface area contributed by atoms with Gasteiger partial charge in [0, 0.05) is 23.9 Å². The Balaban J connectivity index is 0.000000168. The Morgan fingerprint density at radius 1 is 1.62 bits per heavy atom. The minimum Gasteiger partial charge on any atom is -0.760 e. The monoisotopic (exact) mass is 208 g/mol. The summed E-state index contributed by atoms with van der Waals surface area (Å²) in [5.41, 5.74) is 0. The van der Waals surface area contributed by atoms with Crippen LogP contribution in [0.4, 0.5) is 0 Å². The first-order chi connectivity index (χ1) is 6.23. The zero-order valence-electron chi connectivity index (χ0n) is 7.27. The van der Waals surface area contributed by atoms with E-state index >= 15 is 0 Å². The molecule has 78 valence electrons. The molecule has 2 rings (SSSR count). The zero-order chi connectivity index (χ0) is 9.94. The molecular weight excluding hydrogens is 194 g/mol. The van der Waals surface area contributed by atoms with Gasteiger partial charge in [0.05, 0.1) is 0 Å². The summed E-state index contributed by atoms with van der Waals surface area (Å²) in [6.07, 6.45) is 4.14. The largest absolute Gasteiger partial charge is 0.760 e. The van der Waals surface area contributed by atoms with Gasteiger partial charge in [-0.05, 0) is 19.5 Å². The van der Waals surface area contributed by atoms with Crippen molar-refractivity contribution in [3.8, 4) is 0 Å². The molecular formula is C6H14N3O3S-. The van der Waals surface area contributed by atoms with E-state index in [1.807, 2.05) is 0 Å². The second-order valence-electron chi connectivity index (χ2n) is 2.27. The van der Waals surface area contributed by atoms with Crippen LogP contribution >= 0.6 is 0 Å². The minimum atomic E-state index is -2.36. The van der Waals surface area contributed by atoms with E-state index in [9.17, 15) is 0 Å². The van der Waals surface area contributed by atoms with Crippen LogP contribution in [0, 0.1) is 0 Å². The second kappa shape index (κ2) is 9.59. The third kappa shape index (κ3) is 14.4. The third-order valence-electron chi connectivity index (χ3n) is 1.19. The van der Waals surface area contributed by atoms with E-state index < -0.39 is 11.3 Å². The molecule has 13 heavy (non-hydrogen) atoms. The topological polar surface area (TPSA) is 99.8 Å². The summed E-state index contributed by atoms with van der Waals surface area (Å²) in [7, 11) is 0. The Bertz CT molecular complexity index is 147. The van der Waals surface area contributed by atoms with Gasteiger partial charge in [0.2, 0.25) is 0 Å². The highest BCUT2D eigenvalue weighted by atomic mass is 32.2. The molecule has 7 heteroatoms. The lowest BCUT2D eigenvalue weighted by Crippen LogP contribution is -2.29. The first-order valence-electron chi connectivity index (χ1n) is 3.91. The highest BCUT2D eigenvalue weighted by molar-refractivity contribution is 7.76. The lowest BCUT2D eigenvalue weighted by Gasteiger charge is -2.09. The summed E-state index contributed by atoms with van der Waals surface area (Å²) in [4.78, 5) is 4.51. The van der Waals surface area contributed by atoms with E-state index in [4.69, 9.17) is 8.76 Å². The molecule has 3 N–H and O–H groups in total. The number of hydrogen-bond acceptors (Lipinski definition) is 5. The molecule has 2 heterocycles. The molecule has 0 aromatic carbocycles. The van der Waals surface area contributed by atoms with E-state index in [1.54, 1.807) is 6.21 Å². The predicted molar refractivity (Wildman–Crippen MR) is 49.7 cm³/mol. The van der Waals surface area contributed by atoms with Crippen LogP contribution in [0.15, 0.2) is 5.16 Å². The summed E-state index contributed by atoms with van der Waals surface area (Å²) in [5, 5.41) is 10.6. The third-order valence-corrected chi connectivity index (χ3v) is 1.19. The summed E-state index contributed by atoms with van der Waals surface area (Å²) < 4.78 is 17.6. The molecule has 0 amide bonds. The molecule has 1 fully saturated rings. The zero-order valence-corrected chi connectivity index (χ0v) is 8.09. The van der Waals surface area contributed by atoms with E-state index in [0.29, 0.717) is 0 Å². The highest BCUT2D eigenvalue weighted by Gasteiger charge is 1.92. The van der Waals surface area contributed by atoms with E-state index in [-0.39, 0.29) is 0 Å². The predicted octanol–water partition coefficient (Wildman–Crippen LogP) is -0.889. The van der Waals surface area contributed by atoms with E-state index in [1.165, 1.54) is 19.5 Å². The van der Waals surface area contributed by atoms with Crippen molar-refractivity contribution in [3.05, 3.63) is 0 Å².